The number of hydrogen-bond donors (Lipinski definition) is 0. The van der Waals surface area contributed by atoms with E-state index >= 15 is 0 Å². The summed E-state index contributed by atoms with van der Waals surface area (Å²) in [5, 5.41) is -0.452. The lowest BCUT2D eigenvalue weighted by molar-refractivity contribution is -0.104. The van der Waals surface area contributed by atoms with Gasteiger partial charge in [0, 0.05) is 13.2 Å². The van der Waals surface area contributed by atoms with Crippen molar-refractivity contribution >= 4 is 17.9 Å². The predicted octanol–water partition coefficient (Wildman–Crippen LogP) is 2.37. The van der Waals surface area contributed by atoms with Gasteiger partial charge in [-0.25, -0.2) is 0 Å². The van der Waals surface area contributed by atoms with Crippen LogP contribution in [0.2, 0.25) is 0 Å². The van der Waals surface area contributed by atoms with E-state index in [2.05, 4.69) is 12.6 Å². The summed E-state index contributed by atoms with van der Waals surface area (Å²) in [6.45, 7) is 8.38. The summed E-state index contributed by atoms with van der Waals surface area (Å²) >= 11 is 4.61. The molecule has 0 N–H and O–H groups in total. The van der Waals surface area contributed by atoms with E-state index in [-0.39, 0.29) is 12.5 Å². The van der Waals surface area contributed by atoms with Gasteiger partial charge in [-0.15, -0.1) is 0 Å². The van der Waals surface area contributed by atoms with Gasteiger partial charge in [0.15, 0.2) is 0 Å². The van der Waals surface area contributed by atoms with Gasteiger partial charge in [0.25, 0.3) is 0 Å². The molecule has 0 rings (SSSR count). The average Bonchev–Trinajstić information content (AvgIpc) is 2.04. The van der Waals surface area contributed by atoms with Gasteiger partial charge in [-0.1, -0.05) is 0 Å². The summed E-state index contributed by atoms with van der Waals surface area (Å²) in [7, 11) is 0. The molecule has 0 aliphatic heterocycles. The van der Waals surface area contributed by atoms with Crippen molar-refractivity contribution in [2.75, 3.05) is 13.2 Å². The molecule has 5 heteroatoms. The highest BCUT2D eigenvalue weighted by atomic mass is 32.1. The summed E-state index contributed by atoms with van der Waals surface area (Å²) in [5.74, 6) is 0. The lowest BCUT2D eigenvalue weighted by Gasteiger charge is -2.31. The van der Waals surface area contributed by atoms with E-state index in [9.17, 15) is 4.79 Å². The standard InChI is InChI=1S/C9H18NO3S/c1-5-12-7(3)10(9(11)14)8(4)13-6-2/h7-8H,5-6H2,1-4H3. The molecule has 0 spiro atoms. The maximum Gasteiger partial charge on any atom is 0.317 e. The Kier molecular flexibility index (Phi) is 6.78. The summed E-state index contributed by atoms with van der Waals surface area (Å²) in [6.07, 6.45) is -0.682. The molecule has 14 heavy (non-hydrogen) atoms. The number of ether oxygens (including phenoxy) is 2. The molecule has 1 amide bonds. The Hall–Kier alpha value is -0.390. The zero-order valence-corrected chi connectivity index (χ0v) is 9.97. The van der Waals surface area contributed by atoms with E-state index in [1.165, 1.54) is 4.90 Å². The van der Waals surface area contributed by atoms with Crippen LogP contribution in [-0.2, 0) is 9.47 Å². The van der Waals surface area contributed by atoms with Crippen molar-refractivity contribution in [3.63, 3.8) is 0 Å². The highest BCUT2D eigenvalue weighted by Crippen LogP contribution is 2.11. The van der Waals surface area contributed by atoms with Crippen LogP contribution in [0.15, 0.2) is 0 Å². The molecule has 0 aliphatic carbocycles. The molecule has 0 aliphatic rings. The number of nitrogens with zero attached hydrogens (tertiary/aromatic N) is 1. The van der Waals surface area contributed by atoms with Crippen molar-refractivity contribution in [1.29, 1.82) is 0 Å². The van der Waals surface area contributed by atoms with E-state index in [0.717, 1.165) is 0 Å². The minimum atomic E-state index is -0.452. The first-order valence-corrected chi connectivity index (χ1v) is 5.17. The molecule has 0 aromatic carbocycles. The molecule has 83 valence electrons. The molecule has 0 bridgehead atoms. The van der Waals surface area contributed by atoms with Crippen LogP contribution in [0.5, 0.6) is 0 Å². The summed E-state index contributed by atoms with van der Waals surface area (Å²) in [4.78, 5) is 12.6. The molecule has 0 saturated carbocycles. The van der Waals surface area contributed by atoms with Crippen molar-refractivity contribution < 1.29 is 14.3 Å². The summed E-state index contributed by atoms with van der Waals surface area (Å²) < 4.78 is 10.6. The van der Waals surface area contributed by atoms with Crippen molar-refractivity contribution in [3.05, 3.63) is 0 Å². The third-order valence-electron chi connectivity index (χ3n) is 1.81. The van der Waals surface area contributed by atoms with Crippen LogP contribution in [0.3, 0.4) is 0 Å². The van der Waals surface area contributed by atoms with Gasteiger partial charge in [-0.2, -0.15) is 0 Å². The van der Waals surface area contributed by atoms with E-state index in [1.54, 1.807) is 13.8 Å². The fraction of sp³-hybridized carbons (Fsp3) is 0.889. The van der Waals surface area contributed by atoms with Crippen molar-refractivity contribution in [2.45, 2.75) is 40.2 Å². The zero-order chi connectivity index (χ0) is 11.1. The van der Waals surface area contributed by atoms with Gasteiger partial charge in [0.1, 0.15) is 12.5 Å². The molecule has 4 nitrogen and oxygen atoms in total. The Labute approximate surface area is 91.0 Å². The quantitative estimate of drug-likeness (QED) is 0.645. The smallest absolute Gasteiger partial charge is 0.317 e. The van der Waals surface area contributed by atoms with Gasteiger partial charge in [-0.3, -0.25) is 9.69 Å². The molecule has 0 saturated heterocycles. The highest BCUT2D eigenvalue weighted by Gasteiger charge is 2.24. The monoisotopic (exact) mass is 220 g/mol. The highest BCUT2D eigenvalue weighted by molar-refractivity contribution is 7.96. The normalized spacial score (nSPS) is 14.9. The largest absolute Gasteiger partial charge is 0.359 e. The molecular weight excluding hydrogens is 202 g/mol. The Bertz CT molecular complexity index is 165. The van der Waals surface area contributed by atoms with Gasteiger partial charge in [-0.05, 0) is 40.3 Å². The van der Waals surface area contributed by atoms with Gasteiger partial charge >= 0.3 is 5.24 Å². The van der Waals surface area contributed by atoms with Crippen LogP contribution >= 0.6 is 12.6 Å². The number of hydrogen-bond acceptors (Lipinski definition) is 3. The molecule has 1 radical (unpaired) electrons. The number of carbonyl (C=O) groups excluding carboxylic acids is 1. The summed E-state index contributed by atoms with van der Waals surface area (Å²) in [5.41, 5.74) is 0. The Morgan fingerprint density at radius 3 is 1.79 bits per heavy atom. The zero-order valence-electron chi connectivity index (χ0n) is 9.15. The van der Waals surface area contributed by atoms with E-state index in [0.29, 0.717) is 13.2 Å². The topological polar surface area (TPSA) is 38.8 Å². The minimum absolute atomic E-state index is 0.341. The van der Waals surface area contributed by atoms with Crippen LogP contribution in [0.1, 0.15) is 27.7 Å². The molecule has 2 atom stereocenters. The van der Waals surface area contributed by atoms with Crippen molar-refractivity contribution in [2.24, 2.45) is 0 Å². The van der Waals surface area contributed by atoms with Crippen LogP contribution in [-0.4, -0.2) is 35.8 Å². The average molecular weight is 220 g/mol. The lowest BCUT2D eigenvalue weighted by Crippen LogP contribution is -2.44. The third-order valence-corrected chi connectivity index (χ3v) is 2.02. The SMILES string of the molecule is CCOC(C)N(C(=O)[S])C(C)OCC. The molecule has 2 unspecified atom stereocenters. The fourth-order valence-corrected chi connectivity index (χ4v) is 1.53. The van der Waals surface area contributed by atoms with Crippen LogP contribution in [0.25, 0.3) is 0 Å². The van der Waals surface area contributed by atoms with Crippen LogP contribution in [0.4, 0.5) is 4.79 Å². The van der Waals surface area contributed by atoms with Gasteiger partial charge in [0.05, 0.1) is 0 Å². The predicted molar refractivity (Wildman–Crippen MR) is 57.0 cm³/mol. The minimum Gasteiger partial charge on any atom is -0.359 e. The Morgan fingerprint density at radius 1 is 1.21 bits per heavy atom. The van der Waals surface area contributed by atoms with Crippen LogP contribution < -0.4 is 0 Å². The third kappa shape index (κ3) is 4.21. The second-order valence-electron chi connectivity index (χ2n) is 2.78. The first-order chi connectivity index (χ1) is 6.54. The molecular formula is C9H18NO3S. The fourth-order valence-electron chi connectivity index (χ4n) is 1.24. The maximum atomic E-state index is 11.2. The van der Waals surface area contributed by atoms with E-state index in [1.807, 2.05) is 13.8 Å². The second-order valence-corrected chi connectivity index (χ2v) is 3.13. The number of carbonyl (C=O) groups is 1. The first-order valence-electron chi connectivity index (χ1n) is 4.77. The first kappa shape index (κ1) is 13.6. The van der Waals surface area contributed by atoms with Crippen LogP contribution in [0, 0.1) is 0 Å². The molecule has 0 heterocycles. The molecule has 0 aromatic rings. The Balaban J connectivity index is 4.33. The number of rotatable bonds is 6. The summed E-state index contributed by atoms with van der Waals surface area (Å²) in [6, 6.07) is 0. The molecule has 0 fully saturated rings. The maximum absolute atomic E-state index is 11.2. The van der Waals surface area contributed by atoms with Crippen molar-refractivity contribution in [1.82, 2.24) is 4.90 Å². The van der Waals surface area contributed by atoms with Gasteiger partial charge in [0.2, 0.25) is 0 Å². The lowest BCUT2D eigenvalue weighted by atomic mass is 10.4. The number of amides is 1. The van der Waals surface area contributed by atoms with Crippen molar-refractivity contribution in [3.8, 4) is 0 Å². The second kappa shape index (κ2) is 6.98. The van der Waals surface area contributed by atoms with E-state index in [4.69, 9.17) is 9.47 Å². The van der Waals surface area contributed by atoms with Gasteiger partial charge < -0.3 is 9.47 Å². The molecule has 0 aromatic heterocycles. The Morgan fingerprint density at radius 2 is 1.57 bits per heavy atom. The van der Waals surface area contributed by atoms with E-state index < -0.39 is 5.24 Å².